The van der Waals surface area contributed by atoms with E-state index in [-0.39, 0.29) is 12.3 Å². The van der Waals surface area contributed by atoms with Gasteiger partial charge in [0.25, 0.3) is 5.69 Å². The summed E-state index contributed by atoms with van der Waals surface area (Å²) in [6.07, 6.45) is 0. The summed E-state index contributed by atoms with van der Waals surface area (Å²) in [5.74, 6) is 0.473. The van der Waals surface area contributed by atoms with Crippen LogP contribution in [0, 0.1) is 28.4 Å². The second-order valence-electron chi connectivity index (χ2n) is 4.22. The summed E-state index contributed by atoms with van der Waals surface area (Å²) in [5, 5.41) is 19.8. The third kappa shape index (κ3) is 2.75. The van der Waals surface area contributed by atoms with Crippen LogP contribution in [-0.2, 0) is 6.61 Å². The molecule has 0 aliphatic heterocycles. The van der Waals surface area contributed by atoms with Crippen molar-refractivity contribution >= 4 is 5.69 Å². The molecule has 0 heterocycles. The molecule has 0 aromatic heterocycles. The van der Waals surface area contributed by atoms with Gasteiger partial charge in [-0.05, 0) is 24.6 Å². The largest absolute Gasteiger partial charge is 0.488 e. The lowest BCUT2D eigenvalue weighted by Crippen LogP contribution is -2.01. The summed E-state index contributed by atoms with van der Waals surface area (Å²) in [4.78, 5) is 10.5. The quantitative estimate of drug-likeness (QED) is 0.629. The Bertz CT molecular complexity index is 690. The van der Waals surface area contributed by atoms with Gasteiger partial charge in [-0.3, -0.25) is 10.1 Å². The maximum absolute atomic E-state index is 10.9. The molecule has 0 fully saturated rings. The monoisotopic (exact) mass is 268 g/mol. The Morgan fingerprint density at radius 1 is 1.25 bits per heavy atom. The lowest BCUT2D eigenvalue weighted by atomic mass is 10.1. The highest BCUT2D eigenvalue weighted by molar-refractivity contribution is 5.45. The van der Waals surface area contributed by atoms with Crippen LogP contribution < -0.4 is 4.74 Å². The van der Waals surface area contributed by atoms with Gasteiger partial charge in [0.1, 0.15) is 18.4 Å². The predicted molar refractivity (Wildman–Crippen MR) is 73.3 cm³/mol. The summed E-state index contributed by atoms with van der Waals surface area (Å²) >= 11 is 0. The third-order valence-corrected chi connectivity index (χ3v) is 3.00. The van der Waals surface area contributed by atoms with Gasteiger partial charge >= 0.3 is 0 Å². The van der Waals surface area contributed by atoms with Crippen LogP contribution in [0.2, 0.25) is 0 Å². The molecule has 0 atom stereocenters. The first-order valence-electron chi connectivity index (χ1n) is 5.98. The molecule has 0 unspecified atom stereocenters. The maximum atomic E-state index is 10.9. The van der Waals surface area contributed by atoms with E-state index in [9.17, 15) is 10.1 Å². The van der Waals surface area contributed by atoms with Crippen LogP contribution in [-0.4, -0.2) is 4.92 Å². The van der Waals surface area contributed by atoms with Crippen LogP contribution in [0.3, 0.4) is 0 Å². The first kappa shape index (κ1) is 13.6. The van der Waals surface area contributed by atoms with Gasteiger partial charge in [-0.25, -0.2) is 0 Å². The van der Waals surface area contributed by atoms with Gasteiger partial charge in [0.15, 0.2) is 0 Å². The number of ether oxygens (including phenoxy) is 1. The van der Waals surface area contributed by atoms with E-state index < -0.39 is 4.92 Å². The fraction of sp³-hybridized carbons (Fsp3) is 0.133. The molecule has 0 aliphatic rings. The molecule has 0 bridgehead atoms. The van der Waals surface area contributed by atoms with Crippen molar-refractivity contribution in [3.05, 3.63) is 69.3 Å². The lowest BCUT2D eigenvalue weighted by Gasteiger charge is -2.09. The van der Waals surface area contributed by atoms with E-state index in [4.69, 9.17) is 10.00 Å². The van der Waals surface area contributed by atoms with Crippen LogP contribution in [0.5, 0.6) is 5.75 Å². The second-order valence-corrected chi connectivity index (χ2v) is 4.22. The summed E-state index contributed by atoms with van der Waals surface area (Å²) < 4.78 is 5.58. The van der Waals surface area contributed by atoms with Gasteiger partial charge in [0.2, 0.25) is 0 Å². The van der Waals surface area contributed by atoms with Crippen molar-refractivity contribution in [2.45, 2.75) is 13.5 Å². The minimum absolute atomic E-state index is 0.0691. The highest BCUT2D eigenvalue weighted by atomic mass is 16.6. The number of nitro benzene ring substituents is 1. The number of benzene rings is 2. The van der Waals surface area contributed by atoms with Crippen LogP contribution in [0.15, 0.2) is 42.5 Å². The molecule has 0 amide bonds. The summed E-state index contributed by atoms with van der Waals surface area (Å²) in [6, 6.07) is 13.8. The van der Waals surface area contributed by atoms with Crippen molar-refractivity contribution in [2.24, 2.45) is 0 Å². The molecular weight excluding hydrogens is 256 g/mol. The molecule has 0 saturated heterocycles. The first-order valence-corrected chi connectivity index (χ1v) is 5.98. The molecule has 100 valence electrons. The number of nitriles is 1. The van der Waals surface area contributed by atoms with Crippen molar-refractivity contribution in [1.82, 2.24) is 0 Å². The van der Waals surface area contributed by atoms with E-state index in [1.54, 1.807) is 43.3 Å². The first-order chi connectivity index (χ1) is 9.63. The normalized spacial score (nSPS) is 9.80. The van der Waals surface area contributed by atoms with Crippen LogP contribution in [0.1, 0.15) is 16.7 Å². The van der Waals surface area contributed by atoms with E-state index in [0.29, 0.717) is 16.9 Å². The van der Waals surface area contributed by atoms with Gasteiger partial charge in [0.05, 0.1) is 10.5 Å². The number of hydrogen-bond donors (Lipinski definition) is 0. The summed E-state index contributed by atoms with van der Waals surface area (Å²) in [7, 11) is 0. The van der Waals surface area contributed by atoms with E-state index in [1.165, 1.54) is 6.07 Å². The molecule has 0 radical (unpaired) electrons. The number of nitrogens with zero attached hydrogens (tertiary/aromatic N) is 2. The minimum Gasteiger partial charge on any atom is -0.488 e. The maximum Gasteiger partial charge on any atom is 0.272 e. The zero-order chi connectivity index (χ0) is 14.5. The summed E-state index contributed by atoms with van der Waals surface area (Å²) in [5.41, 5.74) is 1.81. The van der Waals surface area contributed by atoms with Gasteiger partial charge < -0.3 is 4.74 Å². The second kappa shape index (κ2) is 5.85. The Hall–Kier alpha value is -2.87. The number of hydrogen-bond acceptors (Lipinski definition) is 4. The average Bonchev–Trinajstić information content (AvgIpc) is 2.46. The predicted octanol–water partition coefficient (Wildman–Crippen LogP) is 3.35. The van der Waals surface area contributed by atoms with Gasteiger partial charge in [-0.15, -0.1) is 0 Å². The van der Waals surface area contributed by atoms with Gasteiger partial charge in [-0.1, -0.05) is 24.3 Å². The van der Waals surface area contributed by atoms with Crippen molar-refractivity contribution in [3.63, 3.8) is 0 Å². The van der Waals surface area contributed by atoms with Crippen molar-refractivity contribution < 1.29 is 9.66 Å². The fourth-order valence-electron chi connectivity index (χ4n) is 1.86. The molecule has 2 rings (SSSR count). The molecule has 0 N–H and O–H groups in total. The number of nitro groups is 1. The fourth-order valence-corrected chi connectivity index (χ4v) is 1.86. The number of para-hydroxylation sites is 1. The highest BCUT2D eigenvalue weighted by Crippen LogP contribution is 2.23. The van der Waals surface area contributed by atoms with E-state index in [2.05, 4.69) is 0 Å². The third-order valence-electron chi connectivity index (χ3n) is 3.00. The molecule has 0 aliphatic carbocycles. The molecule has 0 spiro atoms. The Labute approximate surface area is 116 Å². The van der Waals surface area contributed by atoms with Crippen LogP contribution in [0.4, 0.5) is 5.69 Å². The smallest absolute Gasteiger partial charge is 0.272 e. The molecule has 20 heavy (non-hydrogen) atoms. The van der Waals surface area contributed by atoms with E-state index in [1.807, 2.05) is 6.07 Å². The highest BCUT2D eigenvalue weighted by Gasteiger charge is 2.13. The molecule has 0 saturated carbocycles. The van der Waals surface area contributed by atoms with E-state index >= 15 is 0 Å². The van der Waals surface area contributed by atoms with Crippen molar-refractivity contribution in [1.29, 1.82) is 5.26 Å². The minimum atomic E-state index is -0.415. The Morgan fingerprint density at radius 2 is 2.00 bits per heavy atom. The standard InChI is InChI=1S/C15H12N2O3/c1-11-13(6-4-7-14(11)17(18)19)10-20-15-8-3-2-5-12(15)9-16/h2-8H,10H2,1H3. The average molecular weight is 268 g/mol. The SMILES string of the molecule is Cc1c(COc2ccccc2C#N)cccc1[N+](=O)[O-]. The topological polar surface area (TPSA) is 76.2 Å². The molecule has 5 nitrogen and oxygen atoms in total. The van der Waals surface area contributed by atoms with Crippen LogP contribution >= 0.6 is 0 Å². The zero-order valence-electron chi connectivity index (χ0n) is 10.9. The Kier molecular flexibility index (Phi) is 3.96. The van der Waals surface area contributed by atoms with Crippen LogP contribution in [0.25, 0.3) is 0 Å². The lowest BCUT2D eigenvalue weighted by molar-refractivity contribution is -0.385. The molecule has 5 heteroatoms. The number of rotatable bonds is 4. The van der Waals surface area contributed by atoms with Gasteiger partial charge in [0, 0.05) is 11.6 Å². The van der Waals surface area contributed by atoms with Crippen molar-refractivity contribution in [3.8, 4) is 11.8 Å². The summed E-state index contributed by atoms with van der Waals surface area (Å²) in [6.45, 7) is 1.87. The Balaban J connectivity index is 2.22. The molecule has 2 aromatic carbocycles. The molecule has 2 aromatic rings. The van der Waals surface area contributed by atoms with E-state index in [0.717, 1.165) is 5.56 Å². The van der Waals surface area contributed by atoms with Crippen molar-refractivity contribution in [2.75, 3.05) is 0 Å². The molecular formula is C15H12N2O3. The Morgan fingerprint density at radius 3 is 2.70 bits per heavy atom. The van der Waals surface area contributed by atoms with Gasteiger partial charge in [-0.2, -0.15) is 5.26 Å². The zero-order valence-corrected chi connectivity index (χ0v) is 10.9.